The Bertz CT molecular complexity index is 1110. The number of nitrogens with one attached hydrogen (secondary N) is 2. The highest BCUT2D eigenvalue weighted by atomic mass is 16.4. The van der Waals surface area contributed by atoms with E-state index in [1.54, 1.807) is 24.3 Å². The molecular formula is C23H21N3O6. The van der Waals surface area contributed by atoms with Gasteiger partial charge in [-0.1, -0.05) is 30.3 Å². The van der Waals surface area contributed by atoms with Crippen molar-refractivity contribution in [1.82, 2.24) is 15.5 Å². The number of nitrogens with zero attached hydrogens (tertiary/aromatic N) is 1. The zero-order chi connectivity index (χ0) is 22.8. The molecular weight excluding hydrogens is 414 g/mol. The van der Waals surface area contributed by atoms with Gasteiger partial charge >= 0.3 is 5.97 Å². The van der Waals surface area contributed by atoms with Crippen LogP contribution in [0.4, 0.5) is 0 Å². The highest BCUT2D eigenvalue weighted by molar-refractivity contribution is 6.06. The molecule has 2 aliphatic heterocycles. The van der Waals surface area contributed by atoms with Crippen LogP contribution >= 0.6 is 0 Å². The summed E-state index contributed by atoms with van der Waals surface area (Å²) < 4.78 is 0. The van der Waals surface area contributed by atoms with Crippen molar-refractivity contribution in [2.24, 2.45) is 0 Å². The maximum absolute atomic E-state index is 12.8. The highest BCUT2D eigenvalue weighted by Crippen LogP contribution is 2.28. The van der Waals surface area contributed by atoms with E-state index in [0.29, 0.717) is 11.1 Å². The van der Waals surface area contributed by atoms with Gasteiger partial charge < -0.3 is 15.3 Å². The van der Waals surface area contributed by atoms with Crippen molar-refractivity contribution >= 4 is 29.6 Å². The third-order valence-electron chi connectivity index (χ3n) is 5.67. The van der Waals surface area contributed by atoms with Gasteiger partial charge in [0.2, 0.25) is 11.8 Å². The summed E-state index contributed by atoms with van der Waals surface area (Å²) in [5.41, 5.74) is 1.95. The predicted octanol–water partition coefficient (Wildman–Crippen LogP) is 0.873. The monoisotopic (exact) mass is 435 g/mol. The Morgan fingerprint density at radius 2 is 1.88 bits per heavy atom. The molecule has 1 fully saturated rings. The van der Waals surface area contributed by atoms with Gasteiger partial charge in [0, 0.05) is 30.5 Å². The quantitative estimate of drug-likeness (QED) is 0.577. The number of hydrogen-bond donors (Lipinski definition) is 3. The number of amides is 4. The van der Waals surface area contributed by atoms with Gasteiger partial charge in [-0.2, -0.15) is 0 Å². The molecule has 2 atom stereocenters. The molecule has 1 saturated heterocycles. The largest absolute Gasteiger partial charge is 0.480 e. The lowest BCUT2D eigenvalue weighted by atomic mass is 10.0. The molecule has 2 aromatic rings. The first-order valence-corrected chi connectivity index (χ1v) is 10.2. The molecule has 0 aromatic heterocycles. The first-order valence-electron chi connectivity index (χ1n) is 10.2. The Morgan fingerprint density at radius 1 is 1.12 bits per heavy atom. The first-order chi connectivity index (χ1) is 15.3. The number of piperidine rings is 1. The minimum absolute atomic E-state index is 0.133. The first kappa shape index (κ1) is 21.2. The Hall–Kier alpha value is -4.01. The number of fused-ring (bicyclic) bond motifs is 1. The van der Waals surface area contributed by atoms with Crippen molar-refractivity contribution in [2.75, 3.05) is 0 Å². The van der Waals surface area contributed by atoms with Gasteiger partial charge in [-0.15, -0.1) is 0 Å². The smallest absolute Gasteiger partial charge is 0.326 e. The standard InChI is InChI=1S/C23H21N3O6/c27-19-9-8-18(21(29)25-19)26-12-15-11-14(6-7-16(15)22(26)30)20(28)24-17(23(31)32)10-13-4-2-1-3-5-13/h1-7,11,17-18H,8-10,12H2,(H,24,28)(H,31,32)(H,25,27,29)/t17-,18?/m0/s1. The summed E-state index contributed by atoms with van der Waals surface area (Å²) >= 11 is 0. The number of carboxylic acid groups (broad SMARTS) is 1. The van der Waals surface area contributed by atoms with Gasteiger partial charge in [-0.05, 0) is 35.7 Å². The van der Waals surface area contributed by atoms with E-state index in [1.807, 2.05) is 6.07 Å². The Kier molecular flexibility index (Phi) is 5.72. The van der Waals surface area contributed by atoms with Crippen molar-refractivity contribution in [1.29, 1.82) is 0 Å². The number of carboxylic acids is 1. The van der Waals surface area contributed by atoms with Gasteiger partial charge in [-0.25, -0.2) is 4.79 Å². The van der Waals surface area contributed by atoms with E-state index in [0.717, 1.165) is 5.56 Å². The van der Waals surface area contributed by atoms with Crippen LogP contribution in [0.5, 0.6) is 0 Å². The second kappa shape index (κ2) is 8.62. The van der Waals surface area contributed by atoms with Gasteiger partial charge in [0.15, 0.2) is 0 Å². The zero-order valence-electron chi connectivity index (χ0n) is 17.0. The summed E-state index contributed by atoms with van der Waals surface area (Å²) in [6, 6.07) is 11.6. The third-order valence-corrected chi connectivity index (χ3v) is 5.67. The number of rotatable bonds is 6. The topological polar surface area (TPSA) is 133 Å². The van der Waals surface area contributed by atoms with Crippen LogP contribution < -0.4 is 10.6 Å². The van der Waals surface area contributed by atoms with Crippen LogP contribution in [0.2, 0.25) is 0 Å². The lowest BCUT2D eigenvalue weighted by molar-refractivity contribution is -0.139. The van der Waals surface area contributed by atoms with Crippen LogP contribution in [0.1, 0.15) is 44.7 Å². The Morgan fingerprint density at radius 3 is 2.56 bits per heavy atom. The molecule has 32 heavy (non-hydrogen) atoms. The zero-order valence-corrected chi connectivity index (χ0v) is 17.0. The van der Waals surface area contributed by atoms with Crippen molar-refractivity contribution in [3.63, 3.8) is 0 Å². The predicted molar refractivity (Wildman–Crippen MR) is 112 cm³/mol. The molecule has 0 bridgehead atoms. The fourth-order valence-electron chi connectivity index (χ4n) is 4.01. The molecule has 4 amide bonds. The molecule has 0 spiro atoms. The Labute approximate surface area is 183 Å². The van der Waals surface area contributed by atoms with E-state index in [1.165, 1.54) is 23.1 Å². The minimum Gasteiger partial charge on any atom is -0.480 e. The second-order valence-electron chi connectivity index (χ2n) is 7.83. The van der Waals surface area contributed by atoms with Gasteiger partial charge in [0.25, 0.3) is 11.8 Å². The summed E-state index contributed by atoms with van der Waals surface area (Å²) in [6.45, 7) is 0.133. The van der Waals surface area contributed by atoms with Crippen LogP contribution in [-0.4, -0.2) is 51.7 Å². The van der Waals surface area contributed by atoms with Crippen LogP contribution in [0.25, 0.3) is 0 Å². The molecule has 9 heteroatoms. The average molecular weight is 435 g/mol. The van der Waals surface area contributed by atoms with Gasteiger partial charge in [-0.3, -0.25) is 24.5 Å². The lowest BCUT2D eigenvalue weighted by Crippen LogP contribution is -2.52. The fourth-order valence-corrected chi connectivity index (χ4v) is 4.01. The SMILES string of the molecule is O=C1CCC(N2Cc3cc(C(=O)N[C@@H](Cc4ccccc4)C(=O)O)ccc3C2=O)C(=O)N1. The van der Waals surface area contributed by atoms with Crippen molar-refractivity contribution in [2.45, 2.75) is 37.9 Å². The number of aliphatic carboxylic acids is 1. The summed E-state index contributed by atoms with van der Waals surface area (Å²) in [4.78, 5) is 62.1. The molecule has 9 nitrogen and oxygen atoms in total. The van der Waals surface area contributed by atoms with Crippen molar-refractivity contribution in [3.05, 3.63) is 70.8 Å². The van der Waals surface area contributed by atoms with Crippen molar-refractivity contribution < 1.29 is 29.1 Å². The minimum atomic E-state index is -1.15. The fraction of sp³-hybridized carbons (Fsp3) is 0.261. The van der Waals surface area contributed by atoms with Crippen LogP contribution in [-0.2, 0) is 27.3 Å². The second-order valence-corrected chi connectivity index (χ2v) is 7.83. The van der Waals surface area contributed by atoms with E-state index in [2.05, 4.69) is 10.6 Å². The van der Waals surface area contributed by atoms with Crippen LogP contribution in [0, 0.1) is 0 Å². The van der Waals surface area contributed by atoms with E-state index >= 15 is 0 Å². The summed E-state index contributed by atoms with van der Waals surface area (Å²) in [5.74, 6) is -2.93. The molecule has 2 heterocycles. The molecule has 164 valence electrons. The molecule has 1 unspecified atom stereocenters. The molecule has 4 rings (SSSR count). The molecule has 2 aromatic carbocycles. The maximum Gasteiger partial charge on any atom is 0.326 e. The number of carbonyl (C=O) groups is 5. The van der Waals surface area contributed by atoms with Gasteiger partial charge in [0.05, 0.1) is 0 Å². The molecule has 0 aliphatic carbocycles. The third kappa shape index (κ3) is 4.22. The lowest BCUT2D eigenvalue weighted by Gasteiger charge is -2.29. The Balaban J connectivity index is 1.48. The van der Waals surface area contributed by atoms with Gasteiger partial charge in [0.1, 0.15) is 12.1 Å². The van der Waals surface area contributed by atoms with E-state index in [9.17, 15) is 29.1 Å². The molecule has 0 saturated carbocycles. The summed E-state index contributed by atoms with van der Waals surface area (Å²) in [6.07, 6.45) is 0.536. The van der Waals surface area contributed by atoms with Crippen molar-refractivity contribution in [3.8, 4) is 0 Å². The number of imide groups is 1. The number of benzene rings is 2. The number of hydrogen-bond acceptors (Lipinski definition) is 5. The van der Waals surface area contributed by atoms with E-state index in [4.69, 9.17) is 0 Å². The van der Waals surface area contributed by atoms with E-state index in [-0.39, 0.29) is 43.2 Å². The summed E-state index contributed by atoms with van der Waals surface area (Å²) in [5, 5.41) is 14.3. The van der Waals surface area contributed by atoms with Crippen LogP contribution in [0.15, 0.2) is 48.5 Å². The number of carbonyl (C=O) groups excluding carboxylic acids is 4. The van der Waals surface area contributed by atoms with E-state index < -0.39 is 29.9 Å². The molecule has 3 N–H and O–H groups in total. The normalized spacial score (nSPS) is 18.7. The highest BCUT2D eigenvalue weighted by Gasteiger charge is 2.39. The molecule has 2 aliphatic rings. The summed E-state index contributed by atoms with van der Waals surface area (Å²) in [7, 11) is 0. The average Bonchev–Trinajstić information content (AvgIpc) is 3.09. The van der Waals surface area contributed by atoms with Crippen LogP contribution in [0.3, 0.4) is 0 Å². The molecule has 0 radical (unpaired) electrons. The maximum atomic E-state index is 12.8.